The second-order valence-electron chi connectivity index (χ2n) is 5.22. The summed E-state index contributed by atoms with van der Waals surface area (Å²) in [6, 6.07) is 7.92. The van der Waals surface area contributed by atoms with Gasteiger partial charge in [-0.05, 0) is 18.6 Å². The van der Waals surface area contributed by atoms with Crippen LogP contribution >= 0.6 is 11.8 Å². The Morgan fingerprint density at radius 2 is 2.14 bits per heavy atom. The van der Waals surface area contributed by atoms with Gasteiger partial charge in [-0.3, -0.25) is 4.79 Å². The van der Waals surface area contributed by atoms with Crippen LogP contribution < -0.4 is 16.6 Å². The zero-order chi connectivity index (χ0) is 15.4. The molecule has 1 aromatic carbocycles. The molecule has 112 valence electrons. The first kappa shape index (κ1) is 15.6. The minimum Gasteiger partial charge on any atom is -0.383 e. The van der Waals surface area contributed by atoms with Crippen molar-refractivity contribution in [3.8, 4) is 0 Å². The van der Waals surface area contributed by atoms with E-state index < -0.39 is 0 Å². The molecule has 6 heteroatoms. The monoisotopic (exact) mass is 304 g/mol. The zero-order valence-electron chi connectivity index (χ0n) is 12.4. The minimum atomic E-state index is -0.237. The lowest BCUT2D eigenvalue weighted by molar-refractivity contribution is 0.584. The second-order valence-corrected chi connectivity index (χ2v) is 6.25. The normalized spacial score (nSPS) is 11.0. The molecule has 1 heterocycles. The molecule has 0 saturated heterocycles. The lowest BCUT2D eigenvalue weighted by Crippen LogP contribution is -2.22. The highest BCUT2D eigenvalue weighted by molar-refractivity contribution is 7.99. The quantitative estimate of drug-likeness (QED) is 0.738. The molecule has 0 aliphatic rings. The molecule has 0 radical (unpaired) electrons. The number of H-pyrrole nitrogens is 1. The summed E-state index contributed by atoms with van der Waals surface area (Å²) in [4.78, 5) is 19.4. The smallest absolute Gasteiger partial charge is 0.253 e. The predicted molar refractivity (Wildman–Crippen MR) is 86.5 cm³/mol. The molecule has 0 bridgehead atoms. The second kappa shape index (κ2) is 6.78. The number of nitrogens with one attached hydrogen (secondary N) is 2. The van der Waals surface area contributed by atoms with Gasteiger partial charge < -0.3 is 16.0 Å². The summed E-state index contributed by atoms with van der Waals surface area (Å²) < 4.78 is 0. The number of anilines is 1. The third-order valence-corrected chi connectivity index (χ3v) is 3.87. The van der Waals surface area contributed by atoms with Gasteiger partial charge in [-0.15, -0.1) is 0 Å². The molecule has 0 aliphatic carbocycles. The Labute approximate surface area is 128 Å². The predicted octanol–water partition coefficient (Wildman–Crippen LogP) is 2.31. The first-order valence-corrected chi connectivity index (χ1v) is 7.63. The van der Waals surface area contributed by atoms with E-state index in [2.05, 4.69) is 42.1 Å². The van der Waals surface area contributed by atoms with Gasteiger partial charge in [0.05, 0.1) is 0 Å². The number of hydrogen-bond donors (Lipinski definition) is 3. The van der Waals surface area contributed by atoms with Crippen LogP contribution in [0.2, 0.25) is 0 Å². The Morgan fingerprint density at radius 3 is 2.81 bits per heavy atom. The Hall–Kier alpha value is -1.79. The van der Waals surface area contributed by atoms with Crippen molar-refractivity contribution in [2.45, 2.75) is 43.4 Å². The summed E-state index contributed by atoms with van der Waals surface area (Å²) in [7, 11) is 0. The zero-order valence-corrected chi connectivity index (χ0v) is 13.3. The fraction of sp³-hybridized carbons (Fsp3) is 0.333. The van der Waals surface area contributed by atoms with Crippen molar-refractivity contribution in [2.24, 2.45) is 0 Å². The molecule has 0 spiro atoms. The standard InChI is InChI=1S/C15H20N4OS/c1-9(2)17-8-11-6-10(3)4-5-12(11)21-15-18-13(16)7-14(20)19-15/h4-7,9,17H,8H2,1-3H3,(H3,16,18,19,20). The van der Waals surface area contributed by atoms with Crippen LogP contribution in [-0.4, -0.2) is 16.0 Å². The number of benzene rings is 1. The number of aromatic nitrogens is 2. The van der Waals surface area contributed by atoms with Crippen LogP contribution in [0.25, 0.3) is 0 Å². The molecule has 0 saturated carbocycles. The maximum atomic E-state index is 11.5. The van der Waals surface area contributed by atoms with E-state index in [1.165, 1.54) is 29.0 Å². The number of nitrogen functional groups attached to an aromatic ring is 1. The van der Waals surface area contributed by atoms with E-state index in [9.17, 15) is 4.79 Å². The van der Waals surface area contributed by atoms with Crippen molar-refractivity contribution in [3.63, 3.8) is 0 Å². The molecular weight excluding hydrogens is 284 g/mol. The summed E-state index contributed by atoms with van der Waals surface area (Å²) in [5.74, 6) is 0.232. The topological polar surface area (TPSA) is 83.8 Å². The lowest BCUT2D eigenvalue weighted by Gasteiger charge is -2.13. The van der Waals surface area contributed by atoms with E-state index >= 15 is 0 Å². The van der Waals surface area contributed by atoms with E-state index in [0.29, 0.717) is 11.2 Å². The van der Waals surface area contributed by atoms with Gasteiger partial charge in [-0.2, -0.15) is 0 Å². The van der Waals surface area contributed by atoms with Gasteiger partial charge in [0.25, 0.3) is 5.56 Å². The van der Waals surface area contributed by atoms with Gasteiger partial charge in [0.2, 0.25) is 0 Å². The molecule has 2 aromatic rings. The Morgan fingerprint density at radius 1 is 1.38 bits per heavy atom. The third-order valence-electron chi connectivity index (χ3n) is 2.86. The molecule has 0 aliphatic heterocycles. The van der Waals surface area contributed by atoms with Crippen molar-refractivity contribution in [1.29, 1.82) is 0 Å². The maximum Gasteiger partial charge on any atom is 0.253 e. The molecule has 0 unspecified atom stereocenters. The van der Waals surface area contributed by atoms with Gasteiger partial charge >= 0.3 is 0 Å². The molecule has 2 rings (SSSR count). The fourth-order valence-corrected chi connectivity index (χ4v) is 2.78. The number of hydrogen-bond acceptors (Lipinski definition) is 5. The average molecular weight is 304 g/mol. The Kier molecular flexibility index (Phi) is 5.03. The SMILES string of the molecule is Cc1ccc(Sc2nc(N)cc(=O)[nH]2)c(CNC(C)C)c1. The van der Waals surface area contributed by atoms with Gasteiger partial charge in [0.15, 0.2) is 5.16 Å². The molecule has 21 heavy (non-hydrogen) atoms. The maximum absolute atomic E-state index is 11.5. The number of aryl methyl sites for hydroxylation is 1. The van der Waals surface area contributed by atoms with Crippen LogP contribution in [0.3, 0.4) is 0 Å². The first-order chi connectivity index (χ1) is 9.94. The Bertz CT molecular complexity index is 682. The highest BCUT2D eigenvalue weighted by atomic mass is 32.2. The molecule has 1 aromatic heterocycles. The van der Waals surface area contributed by atoms with E-state index in [1.54, 1.807) is 0 Å². The van der Waals surface area contributed by atoms with E-state index in [4.69, 9.17) is 5.73 Å². The summed E-state index contributed by atoms with van der Waals surface area (Å²) in [5, 5.41) is 3.92. The number of nitrogens with two attached hydrogens (primary N) is 1. The van der Waals surface area contributed by atoms with Gasteiger partial charge in [0.1, 0.15) is 5.82 Å². The van der Waals surface area contributed by atoms with Crippen LogP contribution in [-0.2, 0) is 6.54 Å². The third kappa shape index (κ3) is 4.61. The minimum absolute atomic E-state index is 0.232. The molecule has 0 atom stereocenters. The van der Waals surface area contributed by atoms with Crippen molar-refractivity contribution in [2.75, 3.05) is 5.73 Å². The van der Waals surface area contributed by atoms with Gasteiger partial charge in [-0.25, -0.2) is 4.98 Å². The van der Waals surface area contributed by atoms with Crippen LogP contribution in [0.15, 0.2) is 39.1 Å². The lowest BCUT2D eigenvalue weighted by atomic mass is 10.1. The van der Waals surface area contributed by atoms with Crippen LogP contribution in [0, 0.1) is 6.92 Å². The summed E-state index contributed by atoms with van der Waals surface area (Å²) in [5.41, 5.74) is 7.76. The van der Waals surface area contributed by atoms with Crippen molar-refractivity contribution >= 4 is 17.6 Å². The van der Waals surface area contributed by atoms with E-state index in [0.717, 1.165) is 11.4 Å². The van der Waals surface area contributed by atoms with Gasteiger partial charge in [-0.1, -0.05) is 43.3 Å². The van der Waals surface area contributed by atoms with Crippen molar-refractivity contribution in [1.82, 2.24) is 15.3 Å². The number of aromatic amines is 1. The molecule has 4 N–H and O–H groups in total. The highest BCUT2D eigenvalue weighted by Crippen LogP contribution is 2.28. The molecule has 0 fully saturated rings. The molecular formula is C15H20N4OS. The average Bonchev–Trinajstić information content (AvgIpc) is 2.37. The Balaban J connectivity index is 2.28. The summed E-state index contributed by atoms with van der Waals surface area (Å²) in [6.45, 7) is 7.06. The van der Waals surface area contributed by atoms with Crippen LogP contribution in [0.5, 0.6) is 0 Å². The van der Waals surface area contributed by atoms with Gasteiger partial charge in [0, 0.05) is 23.5 Å². The van der Waals surface area contributed by atoms with Crippen LogP contribution in [0.4, 0.5) is 5.82 Å². The van der Waals surface area contributed by atoms with Crippen molar-refractivity contribution < 1.29 is 0 Å². The van der Waals surface area contributed by atoms with E-state index in [1.807, 2.05) is 12.1 Å². The molecule has 5 nitrogen and oxygen atoms in total. The van der Waals surface area contributed by atoms with Crippen LogP contribution in [0.1, 0.15) is 25.0 Å². The highest BCUT2D eigenvalue weighted by Gasteiger charge is 2.08. The molecule has 0 amide bonds. The summed E-state index contributed by atoms with van der Waals surface area (Å²) in [6.07, 6.45) is 0. The number of rotatable bonds is 5. The largest absolute Gasteiger partial charge is 0.383 e. The van der Waals surface area contributed by atoms with E-state index in [-0.39, 0.29) is 11.4 Å². The fourth-order valence-electron chi connectivity index (χ4n) is 1.87. The number of nitrogens with zero attached hydrogens (tertiary/aromatic N) is 1. The summed E-state index contributed by atoms with van der Waals surface area (Å²) >= 11 is 1.42. The van der Waals surface area contributed by atoms with Crippen molar-refractivity contribution in [3.05, 3.63) is 45.7 Å². The first-order valence-electron chi connectivity index (χ1n) is 6.81.